The SMILES string of the molecule is CCC(C)C1=CC(C)C(CCl)CC1. The Morgan fingerprint density at radius 1 is 1.62 bits per heavy atom. The fourth-order valence-corrected chi connectivity index (χ4v) is 2.50. The Hall–Kier alpha value is 0.0300. The van der Waals surface area contributed by atoms with Crippen LogP contribution in [0.3, 0.4) is 0 Å². The average molecular weight is 201 g/mol. The van der Waals surface area contributed by atoms with Gasteiger partial charge in [-0.05, 0) is 37.0 Å². The first kappa shape index (κ1) is 11.1. The number of hydrogen-bond acceptors (Lipinski definition) is 0. The third-order valence-corrected chi connectivity index (χ3v) is 3.86. The van der Waals surface area contributed by atoms with Gasteiger partial charge in [-0.2, -0.15) is 0 Å². The molecule has 0 bridgehead atoms. The molecule has 76 valence electrons. The monoisotopic (exact) mass is 200 g/mol. The minimum absolute atomic E-state index is 0.690. The molecule has 0 fully saturated rings. The highest BCUT2D eigenvalue weighted by Gasteiger charge is 2.21. The summed E-state index contributed by atoms with van der Waals surface area (Å²) >= 11 is 5.91. The molecule has 0 aromatic carbocycles. The van der Waals surface area contributed by atoms with E-state index in [1.54, 1.807) is 5.57 Å². The molecule has 0 saturated carbocycles. The molecule has 3 atom stereocenters. The predicted molar refractivity (Wildman–Crippen MR) is 60.1 cm³/mol. The second-order valence-electron chi connectivity index (χ2n) is 4.36. The smallest absolute Gasteiger partial charge is 0.0257 e. The topological polar surface area (TPSA) is 0 Å². The summed E-state index contributed by atoms with van der Waals surface area (Å²) in [7, 11) is 0. The molecule has 0 amide bonds. The van der Waals surface area contributed by atoms with Crippen LogP contribution in [0.2, 0.25) is 0 Å². The van der Waals surface area contributed by atoms with Gasteiger partial charge in [0.05, 0.1) is 0 Å². The van der Waals surface area contributed by atoms with Crippen LogP contribution in [0.4, 0.5) is 0 Å². The van der Waals surface area contributed by atoms with Crippen molar-refractivity contribution >= 4 is 11.6 Å². The van der Waals surface area contributed by atoms with Gasteiger partial charge in [-0.25, -0.2) is 0 Å². The van der Waals surface area contributed by atoms with Crippen molar-refractivity contribution in [1.82, 2.24) is 0 Å². The van der Waals surface area contributed by atoms with Crippen molar-refractivity contribution in [2.75, 3.05) is 5.88 Å². The summed E-state index contributed by atoms with van der Waals surface area (Å²) in [5.41, 5.74) is 1.66. The van der Waals surface area contributed by atoms with Crippen molar-refractivity contribution in [3.8, 4) is 0 Å². The van der Waals surface area contributed by atoms with Crippen molar-refractivity contribution < 1.29 is 0 Å². The van der Waals surface area contributed by atoms with E-state index in [0.717, 1.165) is 17.7 Å². The van der Waals surface area contributed by atoms with Crippen molar-refractivity contribution in [1.29, 1.82) is 0 Å². The summed E-state index contributed by atoms with van der Waals surface area (Å²) in [4.78, 5) is 0. The van der Waals surface area contributed by atoms with E-state index in [2.05, 4.69) is 26.8 Å². The van der Waals surface area contributed by atoms with E-state index < -0.39 is 0 Å². The third kappa shape index (κ3) is 2.74. The number of rotatable bonds is 3. The van der Waals surface area contributed by atoms with Gasteiger partial charge in [0.2, 0.25) is 0 Å². The highest BCUT2D eigenvalue weighted by molar-refractivity contribution is 6.18. The average Bonchev–Trinajstić information content (AvgIpc) is 2.16. The molecular weight excluding hydrogens is 180 g/mol. The van der Waals surface area contributed by atoms with E-state index in [0.29, 0.717) is 5.92 Å². The zero-order valence-electron chi connectivity index (χ0n) is 9.02. The van der Waals surface area contributed by atoms with Crippen LogP contribution in [-0.2, 0) is 0 Å². The first-order valence-corrected chi connectivity index (χ1v) is 5.99. The highest BCUT2D eigenvalue weighted by Crippen LogP contribution is 2.33. The molecule has 0 aromatic heterocycles. The summed E-state index contributed by atoms with van der Waals surface area (Å²) in [5, 5.41) is 0. The Bertz CT molecular complexity index is 184. The van der Waals surface area contributed by atoms with Crippen molar-refractivity contribution in [2.24, 2.45) is 17.8 Å². The Labute approximate surface area is 87.4 Å². The molecule has 0 heterocycles. The van der Waals surface area contributed by atoms with E-state index in [4.69, 9.17) is 11.6 Å². The quantitative estimate of drug-likeness (QED) is 0.472. The molecule has 0 saturated heterocycles. The minimum Gasteiger partial charge on any atom is -0.126 e. The van der Waals surface area contributed by atoms with Gasteiger partial charge in [-0.15, -0.1) is 11.6 Å². The molecule has 0 radical (unpaired) electrons. The van der Waals surface area contributed by atoms with Crippen LogP contribution in [0.5, 0.6) is 0 Å². The molecule has 3 unspecified atom stereocenters. The second-order valence-corrected chi connectivity index (χ2v) is 4.67. The Morgan fingerprint density at radius 3 is 2.77 bits per heavy atom. The van der Waals surface area contributed by atoms with Crippen LogP contribution in [0.1, 0.15) is 40.0 Å². The van der Waals surface area contributed by atoms with Crippen LogP contribution < -0.4 is 0 Å². The van der Waals surface area contributed by atoms with Gasteiger partial charge in [0.15, 0.2) is 0 Å². The van der Waals surface area contributed by atoms with E-state index in [1.165, 1.54) is 19.3 Å². The Balaban J connectivity index is 2.60. The van der Waals surface area contributed by atoms with Crippen molar-refractivity contribution in [3.05, 3.63) is 11.6 Å². The second kappa shape index (κ2) is 5.05. The lowest BCUT2D eigenvalue weighted by molar-refractivity contribution is 0.391. The van der Waals surface area contributed by atoms with Gasteiger partial charge in [-0.3, -0.25) is 0 Å². The lowest BCUT2D eigenvalue weighted by atomic mass is 9.79. The van der Waals surface area contributed by atoms with Crippen LogP contribution in [0, 0.1) is 17.8 Å². The maximum absolute atomic E-state index is 5.91. The van der Waals surface area contributed by atoms with E-state index in [-0.39, 0.29) is 0 Å². The predicted octanol–water partition coefficient (Wildman–Crippen LogP) is 4.24. The van der Waals surface area contributed by atoms with Crippen LogP contribution in [-0.4, -0.2) is 5.88 Å². The largest absolute Gasteiger partial charge is 0.126 e. The van der Waals surface area contributed by atoms with E-state index in [9.17, 15) is 0 Å². The summed E-state index contributed by atoms with van der Waals surface area (Å²) in [5.74, 6) is 3.01. The third-order valence-electron chi connectivity index (χ3n) is 3.47. The zero-order valence-corrected chi connectivity index (χ0v) is 9.77. The summed E-state index contributed by atoms with van der Waals surface area (Å²) in [6, 6.07) is 0. The maximum atomic E-state index is 5.91. The minimum atomic E-state index is 0.690. The number of hydrogen-bond donors (Lipinski definition) is 0. The summed E-state index contributed by atoms with van der Waals surface area (Å²) in [6.07, 6.45) is 6.30. The molecule has 1 rings (SSSR count). The van der Waals surface area contributed by atoms with Gasteiger partial charge in [0.1, 0.15) is 0 Å². The van der Waals surface area contributed by atoms with E-state index >= 15 is 0 Å². The van der Waals surface area contributed by atoms with Gasteiger partial charge in [-0.1, -0.05) is 32.4 Å². The lowest BCUT2D eigenvalue weighted by Gasteiger charge is -2.28. The Morgan fingerprint density at radius 2 is 2.31 bits per heavy atom. The number of alkyl halides is 1. The summed E-state index contributed by atoms with van der Waals surface area (Å²) in [6.45, 7) is 6.90. The first-order chi connectivity index (χ1) is 6.19. The number of allylic oxidation sites excluding steroid dienone is 2. The summed E-state index contributed by atoms with van der Waals surface area (Å²) < 4.78 is 0. The first-order valence-electron chi connectivity index (χ1n) is 5.45. The van der Waals surface area contributed by atoms with Gasteiger partial charge < -0.3 is 0 Å². The molecule has 0 N–H and O–H groups in total. The van der Waals surface area contributed by atoms with Crippen LogP contribution >= 0.6 is 11.6 Å². The standard InChI is InChI=1S/C12H21Cl/c1-4-9(2)11-5-6-12(8-13)10(3)7-11/h7,9-10,12H,4-6,8H2,1-3H3. The van der Waals surface area contributed by atoms with Crippen LogP contribution in [0.25, 0.3) is 0 Å². The molecule has 1 aliphatic rings. The fourth-order valence-electron chi connectivity index (χ4n) is 2.06. The van der Waals surface area contributed by atoms with Crippen molar-refractivity contribution in [3.63, 3.8) is 0 Å². The van der Waals surface area contributed by atoms with Gasteiger partial charge >= 0.3 is 0 Å². The Kier molecular flexibility index (Phi) is 4.31. The molecular formula is C12H21Cl. The molecule has 0 spiro atoms. The van der Waals surface area contributed by atoms with E-state index in [1.807, 2.05) is 0 Å². The molecule has 1 aliphatic carbocycles. The van der Waals surface area contributed by atoms with Crippen LogP contribution in [0.15, 0.2) is 11.6 Å². The zero-order chi connectivity index (χ0) is 9.84. The van der Waals surface area contributed by atoms with Gasteiger partial charge in [0, 0.05) is 5.88 Å². The van der Waals surface area contributed by atoms with Crippen molar-refractivity contribution in [2.45, 2.75) is 40.0 Å². The molecule has 0 aromatic rings. The molecule has 0 aliphatic heterocycles. The highest BCUT2D eigenvalue weighted by atomic mass is 35.5. The molecule has 13 heavy (non-hydrogen) atoms. The fraction of sp³-hybridized carbons (Fsp3) is 0.833. The molecule has 0 nitrogen and oxygen atoms in total. The van der Waals surface area contributed by atoms with Gasteiger partial charge in [0.25, 0.3) is 0 Å². The maximum Gasteiger partial charge on any atom is 0.0257 e. The lowest BCUT2D eigenvalue weighted by Crippen LogP contribution is -2.18. The number of halogens is 1. The molecule has 1 heteroatoms. The normalized spacial score (nSPS) is 31.2.